The lowest BCUT2D eigenvalue weighted by Crippen LogP contribution is -2.44. The quantitative estimate of drug-likeness (QED) is 0.346. The van der Waals surface area contributed by atoms with Crippen molar-refractivity contribution < 1.29 is 15.3 Å². The van der Waals surface area contributed by atoms with Gasteiger partial charge in [0.1, 0.15) is 6.10 Å². The first-order valence-electron chi connectivity index (χ1n) is 4.99. The van der Waals surface area contributed by atoms with Crippen LogP contribution in [-0.4, -0.2) is 52.8 Å². The third-order valence-electron chi connectivity index (χ3n) is 2.03. The molecule has 86 valence electrons. The van der Waals surface area contributed by atoms with Crippen molar-refractivity contribution in [3.63, 3.8) is 0 Å². The molecule has 0 aromatic rings. The minimum Gasteiger partial charge on any atom is -0.390 e. The van der Waals surface area contributed by atoms with Gasteiger partial charge in [0, 0.05) is 19.1 Å². The number of hydrogen-bond donors (Lipinski definition) is 5. The van der Waals surface area contributed by atoms with Crippen molar-refractivity contribution in [3.8, 4) is 0 Å². The maximum atomic E-state index is 9.42. The summed E-state index contributed by atoms with van der Waals surface area (Å²) in [5.41, 5.74) is 5.48. The van der Waals surface area contributed by atoms with Crippen LogP contribution in [0.15, 0.2) is 0 Å². The van der Waals surface area contributed by atoms with E-state index in [1.54, 1.807) is 6.92 Å². The molecule has 0 saturated heterocycles. The molecule has 0 aliphatic heterocycles. The van der Waals surface area contributed by atoms with Crippen LogP contribution in [0.2, 0.25) is 0 Å². The lowest BCUT2D eigenvalue weighted by molar-refractivity contribution is -0.0585. The van der Waals surface area contributed by atoms with E-state index in [0.29, 0.717) is 13.0 Å². The van der Waals surface area contributed by atoms with Crippen LogP contribution in [0.5, 0.6) is 0 Å². The van der Waals surface area contributed by atoms with E-state index < -0.39 is 18.3 Å². The predicted octanol–water partition coefficient (Wildman–Crippen LogP) is -1.58. The first kappa shape index (κ1) is 13.8. The topological polar surface area (TPSA) is 98.7 Å². The van der Waals surface area contributed by atoms with Crippen LogP contribution in [-0.2, 0) is 0 Å². The maximum Gasteiger partial charge on any atom is 0.107 e. The molecular weight excluding hydrogens is 184 g/mol. The molecule has 5 heteroatoms. The molecule has 5 nitrogen and oxygen atoms in total. The highest BCUT2D eigenvalue weighted by Crippen LogP contribution is 2.02. The van der Waals surface area contributed by atoms with E-state index in [1.807, 2.05) is 6.92 Å². The van der Waals surface area contributed by atoms with Gasteiger partial charge in [-0.2, -0.15) is 0 Å². The summed E-state index contributed by atoms with van der Waals surface area (Å²) in [5, 5.41) is 30.9. The molecule has 14 heavy (non-hydrogen) atoms. The van der Waals surface area contributed by atoms with Crippen molar-refractivity contribution in [2.75, 3.05) is 13.1 Å². The van der Waals surface area contributed by atoms with Crippen molar-refractivity contribution in [1.82, 2.24) is 5.32 Å². The van der Waals surface area contributed by atoms with Crippen LogP contribution in [0.25, 0.3) is 0 Å². The van der Waals surface area contributed by atoms with Crippen molar-refractivity contribution >= 4 is 0 Å². The molecule has 1 unspecified atom stereocenters. The molecule has 0 aliphatic rings. The average molecular weight is 206 g/mol. The Labute approximate surface area is 84.9 Å². The Morgan fingerprint density at radius 2 is 1.71 bits per heavy atom. The fraction of sp³-hybridized carbons (Fsp3) is 1.00. The molecule has 0 rings (SSSR count). The van der Waals surface area contributed by atoms with Crippen LogP contribution >= 0.6 is 0 Å². The summed E-state index contributed by atoms with van der Waals surface area (Å²) >= 11 is 0. The lowest BCUT2D eigenvalue weighted by Gasteiger charge is -2.22. The number of nitrogens with one attached hydrogen (secondary N) is 1. The highest BCUT2D eigenvalue weighted by atomic mass is 16.4. The molecule has 0 aromatic carbocycles. The van der Waals surface area contributed by atoms with Crippen LogP contribution in [0, 0.1) is 0 Å². The number of hydrogen-bond acceptors (Lipinski definition) is 5. The SMILES string of the molecule is CC[C@@H](O)[C@@H](O)[C@@H](O)CNCC(C)N. The minimum absolute atomic E-state index is 0.00967. The third-order valence-corrected chi connectivity index (χ3v) is 2.03. The molecule has 0 bridgehead atoms. The third kappa shape index (κ3) is 5.51. The summed E-state index contributed by atoms with van der Waals surface area (Å²) in [7, 11) is 0. The lowest BCUT2D eigenvalue weighted by atomic mass is 10.1. The molecule has 0 spiro atoms. The summed E-state index contributed by atoms with van der Waals surface area (Å²) in [4.78, 5) is 0. The summed E-state index contributed by atoms with van der Waals surface area (Å²) in [6.45, 7) is 4.40. The number of aliphatic hydroxyl groups excluding tert-OH is 3. The summed E-state index contributed by atoms with van der Waals surface area (Å²) < 4.78 is 0. The van der Waals surface area contributed by atoms with Gasteiger partial charge in [0.2, 0.25) is 0 Å². The monoisotopic (exact) mass is 206 g/mol. The van der Waals surface area contributed by atoms with E-state index >= 15 is 0 Å². The molecule has 4 atom stereocenters. The van der Waals surface area contributed by atoms with Crippen LogP contribution in [0.3, 0.4) is 0 Å². The zero-order chi connectivity index (χ0) is 11.1. The van der Waals surface area contributed by atoms with Crippen molar-refractivity contribution in [2.24, 2.45) is 5.73 Å². The molecule has 0 saturated carbocycles. The Morgan fingerprint density at radius 1 is 1.14 bits per heavy atom. The minimum atomic E-state index is -1.10. The molecule has 0 radical (unpaired) electrons. The fourth-order valence-corrected chi connectivity index (χ4v) is 1.08. The highest BCUT2D eigenvalue weighted by molar-refractivity contribution is 4.76. The van der Waals surface area contributed by atoms with E-state index in [9.17, 15) is 15.3 Å². The fourth-order valence-electron chi connectivity index (χ4n) is 1.08. The molecular formula is C9H22N2O3. The Bertz CT molecular complexity index is 144. The van der Waals surface area contributed by atoms with Gasteiger partial charge in [0.05, 0.1) is 12.2 Å². The highest BCUT2D eigenvalue weighted by Gasteiger charge is 2.22. The number of rotatable bonds is 7. The van der Waals surface area contributed by atoms with Gasteiger partial charge in [-0.05, 0) is 13.3 Å². The Kier molecular flexibility index (Phi) is 7.04. The van der Waals surface area contributed by atoms with Gasteiger partial charge in [-0.25, -0.2) is 0 Å². The Balaban J connectivity index is 3.67. The largest absolute Gasteiger partial charge is 0.390 e. The van der Waals surface area contributed by atoms with Crippen molar-refractivity contribution in [1.29, 1.82) is 0 Å². The maximum absolute atomic E-state index is 9.42. The summed E-state index contributed by atoms with van der Waals surface area (Å²) in [6.07, 6.45) is -2.50. The van der Waals surface area contributed by atoms with Gasteiger partial charge in [0.15, 0.2) is 0 Å². The van der Waals surface area contributed by atoms with Gasteiger partial charge >= 0.3 is 0 Å². The van der Waals surface area contributed by atoms with E-state index in [2.05, 4.69) is 5.32 Å². The molecule has 0 aliphatic carbocycles. The molecule has 0 aromatic heterocycles. The summed E-state index contributed by atoms with van der Waals surface area (Å²) in [6, 6.07) is 0.00967. The Morgan fingerprint density at radius 3 is 2.14 bits per heavy atom. The molecule has 0 fully saturated rings. The zero-order valence-electron chi connectivity index (χ0n) is 8.85. The second kappa shape index (κ2) is 7.14. The van der Waals surface area contributed by atoms with Crippen LogP contribution < -0.4 is 11.1 Å². The molecule has 0 amide bonds. The average Bonchev–Trinajstić information content (AvgIpc) is 2.14. The zero-order valence-corrected chi connectivity index (χ0v) is 8.85. The van der Waals surface area contributed by atoms with Crippen LogP contribution in [0.4, 0.5) is 0 Å². The van der Waals surface area contributed by atoms with E-state index in [4.69, 9.17) is 5.73 Å². The second-order valence-corrected chi connectivity index (χ2v) is 3.67. The van der Waals surface area contributed by atoms with Gasteiger partial charge in [-0.3, -0.25) is 0 Å². The van der Waals surface area contributed by atoms with Crippen molar-refractivity contribution in [2.45, 2.75) is 44.6 Å². The van der Waals surface area contributed by atoms with Gasteiger partial charge in [-0.1, -0.05) is 6.92 Å². The number of aliphatic hydroxyl groups is 3. The van der Waals surface area contributed by atoms with Gasteiger partial charge in [-0.15, -0.1) is 0 Å². The number of nitrogens with two attached hydrogens (primary N) is 1. The predicted molar refractivity (Wildman–Crippen MR) is 54.8 cm³/mol. The van der Waals surface area contributed by atoms with Gasteiger partial charge < -0.3 is 26.4 Å². The first-order valence-corrected chi connectivity index (χ1v) is 4.99. The summed E-state index contributed by atoms with van der Waals surface area (Å²) in [5.74, 6) is 0. The first-order chi connectivity index (χ1) is 6.49. The van der Waals surface area contributed by atoms with E-state index in [0.717, 1.165) is 0 Å². The normalized spacial score (nSPS) is 20.1. The van der Waals surface area contributed by atoms with E-state index in [1.165, 1.54) is 0 Å². The second-order valence-electron chi connectivity index (χ2n) is 3.67. The van der Waals surface area contributed by atoms with Gasteiger partial charge in [0.25, 0.3) is 0 Å². The smallest absolute Gasteiger partial charge is 0.107 e. The van der Waals surface area contributed by atoms with Crippen molar-refractivity contribution in [3.05, 3.63) is 0 Å². The molecule has 0 heterocycles. The molecule has 6 N–H and O–H groups in total. The Hall–Kier alpha value is -0.200. The van der Waals surface area contributed by atoms with E-state index in [-0.39, 0.29) is 12.6 Å². The standard InChI is InChI=1S/C9H22N2O3/c1-3-7(12)9(14)8(13)5-11-4-6(2)10/h6-9,11-14H,3-5,10H2,1-2H3/t6?,7-,8+,9-/m1/s1. The van der Waals surface area contributed by atoms with Crippen LogP contribution in [0.1, 0.15) is 20.3 Å².